The van der Waals surface area contributed by atoms with Gasteiger partial charge in [-0.3, -0.25) is 9.78 Å². The zero-order valence-electron chi connectivity index (χ0n) is 17.2. The highest BCUT2D eigenvalue weighted by Crippen LogP contribution is 2.26. The molecule has 0 saturated heterocycles. The minimum atomic E-state index is -1.03. The molecule has 0 fully saturated rings. The second-order valence-electron chi connectivity index (χ2n) is 6.94. The highest BCUT2D eigenvalue weighted by atomic mass is 32.2. The van der Waals surface area contributed by atoms with Gasteiger partial charge in [-0.15, -0.1) is 0 Å². The number of aromatic nitrogens is 1. The minimum Gasteiger partial charge on any atom is -0.480 e. The molecule has 0 aliphatic carbocycles. The van der Waals surface area contributed by atoms with Gasteiger partial charge in [-0.25, -0.2) is 4.79 Å². The first kappa shape index (κ1) is 22.3. The van der Waals surface area contributed by atoms with Gasteiger partial charge in [0, 0.05) is 18.0 Å². The van der Waals surface area contributed by atoms with Crippen molar-refractivity contribution < 1.29 is 14.7 Å². The van der Waals surface area contributed by atoms with Crippen LogP contribution in [0.1, 0.15) is 27.9 Å². The average Bonchev–Trinajstić information content (AvgIpc) is 2.81. The lowest BCUT2D eigenvalue weighted by molar-refractivity contribution is -0.139. The zero-order valence-corrected chi connectivity index (χ0v) is 18.0. The molecule has 1 heterocycles. The number of hydrogen-bond donors (Lipinski definition) is 2. The molecule has 3 aromatic rings. The van der Waals surface area contributed by atoms with Crippen molar-refractivity contribution in [3.63, 3.8) is 0 Å². The number of carbonyl (C=O) groups excluding carboxylic acids is 1. The van der Waals surface area contributed by atoms with E-state index >= 15 is 0 Å². The Morgan fingerprint density at radius 1 is 1.06 bits per heavy atom. The Hall–Kier alpha value is -3.38. The number of carbonyl (C=O) groups is 2. The summed E-state index contributed by atoms with van der Waals surface area (Å²) in [6.45, 7) is 0. The van der Waals surface area contributed by atoms with Crippen LogP contribution in [-0.2, 0) is 4.79 Å². The fourth-order valence-electron chi connectivity index (χ4n) is 3.12. The average molecular weight is 433 g/mol. The van der Waals surface area contributed by atoms with Crippen molar-refractivity contribution in [1.82, 2.24) is 10.3 Å². The van der Waals surface area contributed by atoms with Crippen molar-refractivity contribution in [3.05, 3.63) is 89.7 Å². The van der Waals surface area contributed by atoms with E-state index in [0.29, 0.717) is 17.7 Å². The number of nitrogens with zero attached hydrogens (tertiary/aromatic N) is 1. The van der Waals surface area contributed by atoms with Crippen LogP contribution in [0, 0.1) is 0 Å². The number of nitrogens with one attached hydrogen (secondary N) is 1. The largest absolute Gasteiger partial charge is 0.480 e. The number of aliphatic carboxylic acids is 1. The SMILES string of the molecule is CSCC[C@H](NC(=O)c1ccc(/C=C/c2cccnc2)cc1-c1ccccc1)C(=O)O. The van der Waals surface area contributed by atoms with Crippen LogP contribution in [0.15, 0.2) is 73.1 Å². The van der Waals surface area contributed by atoms with Crippen LogP contribution >= 0.6 is 11.8 Å². The first-order valence-corrected chi connectivity index (χ1v) is 11.3. The van der Waals surface area contributed by atoms with E-state index in [1.807, 2.05) is 73.0 Å². The maximum Gasteiger partial charge on any atom is 0.326 e. The van der Waals surface area contributed by atoms with Crippen molar-refractivity contribution in [3.8, 4) is 11.1 Å². The van der Waals surface area contributed by atoms with Crippen LogP contribution in [0.25, 0.3) is 23.3 Å². The van der Waals surface area contributed by atoms with E-state index in [1.54, 1.807) is 30.2 Å². The van der Waals surface area contributed by atoms with E-state index in [1.165, 1.54) is 0 Å². The molecule has 0 radical (unpaired) electrons. The Morgan fingerprint density at radius 2 is 1.84 bits per heavy atom. The van der Waals surface area contributed by atoms with Gasteiger partial charge in [-0.1, -0.05) is 54.6 Å². The quantitative estimate of drug-likeness (QED) is 0.505. The summed E-state index contributed by atoms with van der Waals surface area (Å²) in [6, 6.07) is 18.1. The molecule has 31 heavy (non-hydrogen) atoms. The number of benzene rings is 2. The van der Waals surface area contributed by atoms with Crippen LogP contribution in [-0.4, -0.2) is 40.0 Å². The number of rotatable bonds is 9. The van der Waals surface area contributed by atoms with Gasteiger partial charge in [0.15, 0.2) is 0 Å². The first-order chi connectivity index (χ1) is 15.1. The summed E-state index contributed by atoms with van der Waals surface area (Å²) in [5, 5.41) is 12.1. The molecule has 2 aromatic carbocycles. The van der Waals surface area contributed by atoms with E-state index in [0.717, 1.165) is 22.3 Å². The molecule has 5 nitrogen and oxygen atoms in total. The van der Waals surface area contributed by atoms with Crippen LogP contribution in [0.2, 0.25) is 0 Å². The first-order valence-electron chi connectivity index (χ1n) is 9.88. The minimum absolute atomic E-state index is 0.370. The fraction of sp³-hybridized carbons (Fsp3) is 0.160. The van der Waals surface area contributed by atoms with Crippen molar-refractivity contribution >= 4 is 35.8 Å². The molecule has 2 N–H and O–H groups in total. The van der Waals surface area contributed by atoms with Gasteiger partial charge in [-0.2, -0.15) is 11.8 Å². The summed E-state index contributed by atoms with van der Waals surface area (Å²) in [7, 11) is 0. The Morgan fingerprint density at radius 3 is 2.52 bits per heavy atom. The number of amides is 1. The fourth-order valence-corrected chi connectivity index (χ4v) is 3.59. The van der Waals surface area contributed by atoms with Gasteiger partial charge >= 0.3 is 5.97 Å². The maximum absolute atomic E-state index is 13.0. The standard InChI is InChI=1S/C25H24N2O3S/c1-31-15-13-23(25(29)30)27-24(28)21-12-11-18(9-10-19-6-5-14-26-17-19)16-22(21)20-7-3-2-4-8-20/h2-12,14,16-17,23H,13,15H2,1H3,(H,27,28)(H,29,30)/b10-9+/t23-/m0/s1. The lowest BCUT2D eigenvalue weighted by atomic mass is 9.96. The molecule has 0 aliphatic heterocycles. The van der Waals surface area contributed by atoms with E-state index in [-0.39, 0.29) is 0 Å². The number of pyridine rings is 1. The Kier molecular flexibility index (Phi) is 8.01. The van der Waals surface area contributed by atoms with Crippen molar-refractivity contribution in [1.29, 1.82) is 0 Å². The maximum atomic E-state index is 13.0. The summed E-state index contributed by atoms with van der Waals surface area (Å²) < 4.78 is 0. The van der Waals surface area contributed by atoms with Crippen molar-refractivity contribution in [2.24, 2.45) is 0 Å². The lowest BCUT2D eigenvalue weighted by Crippen LogP contribution is -2.41. The molecular formula is C25H24N2O3S. The molecule has 0 saturated carbocycles. The smallest absolute Gasteiger partial charge is 0.326 e. The van der Waals surface area contributed by atoms with E-state index in [9.17, 15) is 14.7 Å². The summed E-state index contributed by atoms with van der Waals surface area (Å²) in [5.41, 5.74) is 3.99. The monoisotopic (exact) mass is 432 g/mol. The van der Waals surface area contributed by atoms with E-state index < -0.39 is 17.9 Å². The van der Waals surface area contributed by atoms with Gasteiger partial charge < -0.3 is 10.4 Å². The number of carboxylic acid groups (broad SMARTS) is 1. The van der Waals surface area contributed by atoms with Crippen LogP contribution < -0.4 is 5.32 Å². The Labute approximate surface area is 186 Å². The summed E-state index contributed by atoms with van der Waals surface area (Å²) in [4.78, 5) is 28.7. The second-order valence-corrected chi connectivity index (χ2v) is 7.92. The van der Waals surface area contributed by atoms with Crippen molar-refractivity contribution in [2.45, 2.75) is 12.5 Å². The number of thioether (sulfide) groups is 1. The molecule has 3 rings (SSSR count). The third kappa shape index (κ3) is 6.30. The van der Waals surface area contributed by atoms with E-state index in [2.05, 4.69) is 10.3 Å². The molecule has 0 bridgehead atoms. The molecule has 1 amide bonds. The highest BCUT2D eigenvalue weighted by molar-refractivity contribution is 7.98. The predicted molar refractivity (Wildman–Crippen MR) is 127 cm³/mol. The van der Waals surface area contributed by atoms with Gasteiger partial charge in [0.1, 0.15) is 6.04 Å². The molecular weight excluding hydrogens is 408 g/mol. The molecule has 1 atom stereocenters. The topological polar surface area (TPSA) is 79.3 Å². The van der Waals surface area contributed by atoms with Crippen molar-refractivity contribution in [2.75, 3.05) is 12.0 Å². The van der Waals surface area contributed by atoms with E-state index in [4.69, 9.17) is 0 Å². The zero-order chi connectivity index (χ0) is 22.1. The number of hydrogen-bond acceptors (Lipinski definition) is 4. The van der Waals surface area contributed by atoms with Gasteiger partial charge in [0.2, 0.25) is 0 Å². The highest BCUT2D eigenvalue weighted by Gasteiger charge is 2.22. The molecule has 6 heteroatoms. The third-order valence-electron chi connectivity index (χ3n) is 4.74. The predicted octanol–water partition coefficient (Wildman–Crippen LogP) is 4.86. The Balaban J connectivity index is 1.93. The summed E-state index contributed by atoms with van der Waals surface area (Å²) >= 11 is 1.55. The van der Waals surface area contributed by atoms with Crippen LogP contribution in [0.3, 0.4) is 0 Å². The molecule has 0 unspecified atom stereocenters. The third-order valence-corrected chi connectivity index (χ3v) is 5.38. The van der Waals surface area contributed by atoms with Crippen LogP contribution in [0.5, 0.6) is 0 Å². The van der Waals surface area contributed by atoms with Crippen LogP contribution in [0.4, 0.5) is 0 Å². The Bertz CT molecular complexity index is 1050. The second kappa shape index (κ2) is 11.1. The number of carboxylic acids is 1. The summed E-state index contributed by atoms with van der Waals surface area (Å²) in [6.07, 6.45) is 9.70. The summed E-state index contributed by atoms with van der Waals surface area (Å²) in [5.74, 6) is -0.768. The molecule has 158 valence electrons. The van der Waals surface area contributed by atoms with Gasteiger partial charge in [0.05, 0.1) is 0 Å². The molecule has 1 aromatic heterocycles. The molecule has 0 aliphatic rings. The molecule has 0 spiro atoms. The van der Waals surface area contributed by atoms with Gasteiger partial charge in [-0.05, 0) is 58.9 Å². The van der Waals surface area contributed by atoms with Gasteiger partial charge in [0.25, 0.3) is 5.91 Å². The lowest BCUT2D eigenvalue weighted by Gasteiger charge is -2.16. The normalized spacial score (nSPS) is 11.9.